The maximum atomic E-state index is 12.8. The van der Waals surface area contributed by atoms with Gasteiger partial charge in [0.15, 0.2) is 0 Å². The Hall–Kier alpha value is -1.10. The number of amides is 1. The van der Waals surface area contributed by atoms with Crippen LogP contribution < -0.4 is 5.32 Å². The summed E-state index contributed by atoms with van der Waals surface area (Å²) in [7, 11) is 0. The van der Waals surface area contributed by atoms with Crippen molar-refractivity contribution in [2.75, 3.05) is 32.8 Å². The molecule has 0 radical (unpaired) electrons. The van der Waals surface area contributed by atoms with Crippen molar-refractivity contribution in [2.45, 2.75) is 37.5 Å². The molecule has 1 atom stereocenters. The fourth-order valence-electron chi connectivity index (χ4n) is 3.95. The van der Waals surface area contributed by atoms with Crippen LogP contribution in [-0.4, -0.2) is 48.7 Å². The van der Waals surface area contributed by atoms with Crippen molar-refractivity contribution >= 4 is 17.5 Å². The Bertz CT molecular complexity index is 557. The fraction of sp³-hybridized carbons (Fsp3) is 0.632. The molecule has 2 fully saturated rings. The highest BCUT2D eigenvalue weighted by atomic mass is 35.5. The molecule has 5 heteroatoms. The number of nitrogens with one attached hydrogen (secondary N) is 1. The van der Waals surface area contributed by atoms with E-state index in [1.165, 1.54) is 0 Å². The van der Waals surface area contributed by atoms with Gasteiger partial charge in [-0.15, -0.1) is 0 Å². The van der Waals surface area contributed by atoms with E-state index in [-0.39, 0.29) is 17.9 Å². The normalized spacial score (nSPS) is 23.5. The molecule has 1 aromatic carbocycles. The lowest BCUT2D eigenvalue weighted by molar-refractivity contribution is -0.130. The summed E-state index contributed by atoms with van der Waals surface area (Å²) in [5.74, 6) is 0.535. The number of likely N-dealkylation sites (tertiary alicyclic amines) is 1. The maximum Gasteiger partial charge on any atom is 0.230 e. The number of rotatable bonds is 6. The molecule has 1 aliphatic heterocycles. The van der Waals surface area contributed by atoms with Gasteiger partial charge in [0.05, 0.1) is 5.41 Å². The number of hydrogen-bond donors (Lipinski definition) is 2. The summed E-state index contributed by atoms with van der Waals surface area (Å²) in [4.78, 5) is 15.1. The third-order valence-corrected chi connectivity index (χ3v) is 5.87. The monoisotopic (exact) mass is 350 g/mol. The molecular formula is C19H27ClN2O2. The van der Waals surface area contributed by atoms with E-state index in [9.17, 15) is 9.90 Å². The summed E-state index contributed by atoms with van der Waals surface area (Å²) < 4.78 is 0. The first kappa shape index (κ1) is 17.7. The van der Waals surface area contributed by atoms with Crippen LogP contribution in [0.3, 0.4) is 0 Å². The van der Waals surface area contributed by atoms with Gasteiger partial charge in [-0.05, 0) is 55.8 Å². The Morgan fingerprint density at radius 3 is 2.67 bits per heavy atom. The van der Waals surface area contributed by atoms with Crippen LogP contribution in [0.15, 0.2) is 24.3 Å². The topological polar surface area (TPSA) is 52.6 Å². The second-order valence-electron chi connectivity index (χ2n) is 7.19. The number of nitrogens with zero attached hydrogens (tertiary/aromatic N) is 1. The van der Waals surface area contributed by atoms with E-state index >= 15 is 0 Å². The van der Waals surface area contributed by atoms with Crippen LogP contribution >= 0.6 is 11.6 Å². The molecule has 132 valence electrons. The number of piperidine rings is 1. The van der Waals surface area contributed by atoms with Crippen LogP contribution in [0.1, 0.15) is 37.7 Å². The van der Waals surface area contributed by atoms with Gasteiger partial charge in [-0.2, -0.15) is 0 Å². The van der Waals surface area contributed by atoms with E-state index in [0.717, 1.165) is 57.3 Å². The van der Waals surface area contributed by atoms with Crippen molar-refractivity contribution in [2.24, 2.45) is 5.92 Å². The number of aliphatic hydroxyl groups is 1. The van der Waals surface area contributed by atoms with Gasteiger partial charge in [0.25, 0.3) is 0 Å². The molecule has 1 aliphatic carbocycles. The highest BCUT2D eigenvalue weighted by molar-refractivity contribution is 6.30. The molecule has 0 spiro atoms. The van der Waals surface area contributed by atoms with Gasteiger partial charge in [0.2, 0.25) is 5.91 Å². The molecule has 1 saturated carbocycles. The van der Waals surface area contributed by atoms with E-state index in [4.69, 9.17) is 11.6 Å². The fourth-order valence-corrected chi connectivity index (χ4v) is 4.07. The van der Waals surface area contributed by atoms with E-state index in [2.05, 4.69) is 10.2 Å². The van der Waals surface area contributed by atoms with Gasteiger partial charge >= 0.3 is 0 Å². The van der Waals surface area contributed by atoms with Crippen molar-refractivity contribution in [1.29, 1.82) is 0 Å². The average molecular weight is 351 g/mol. The number of hydrogen-bond acceptors (Lipinski definition) is 3. The van der Waals surface area contributed by atoms with E-state index in [0.29, 0.717) is 17.5 Å². The first-order chi connectivity index (χ1) is 11.6. The van der Waals surface area contributed by atoms with E-state index in [1.54, 1.807) is 0 Å². The summed E-state index contributed by atoms with van der Waals surface area (Å²) in [6.45, 7) is 3.80. The minimum absolute atomic E-state index is 0.145. The van der Waals surface area contributed by atoms with E-state index < -0.39 is 0 Å². The van der Waals surface area contributed by atoms with Crippen LogP contribution in [0, 0.1) is 5.92 Å². The Morgan fingerprint density at radius 1 is 1.29 bits per heavy atom. The van der Waals surface area contributed by atoms with Crippen molar-refractivity contribution in [3.63, 3.8) is 0 Å². The molecule has 1 saturated heterocycles. The van der Waals surface area contributed by atoms with Gasteiger partial charge in [0.1, 0.15) is 0 Å². The Morgan fingerprint density at radius 2 is 2.04 bits per heavy atom. The smallest absolute Gasteiger partial charge is 0.230 e. The Kier molecular flexibility index (Phi) is 5.80. The molecule has 0 aromatic heterocycles. The molecule has 24 heavy (non-hydrogen) atoms. The molecule has 3 rings (SSSR count). The van der Waals surface area contributed by atoms with Gasteiger partial charge in [-0.3, -0.25) is 4.79 Å². The highest BCUT2D eigenvalue weighted by Gasteiger charge is 2.45. The van der Waals surface area contributed by atoms with Crippen molar-refractivity contribution in [1.82, 2.24) is 10.2 Å². The minimum atomic E-state index is -0.361. The molecule has 4 nitrogen and oxygen atoms in total. The third kappa shape index (κ3) is 3.76. The lowest BCUT2D eigenvalue weighted by atomic mass is 9.64. The van der Waals surface area contributed by atoms with Crippen LogP contribution in [0.2, 0.25) is 5.02 Å². The van der Waals surface area contributed by atoms with Gasteiger partial charge in [0, 0.05) is 31.3 Å². The second-order valence-corrected chi connectivity index (χ2v) is 7.63. The summed E-state index contributed by atoms with van der Waals surface area (Å²) in [5.41, 5.74) is 0.717. The molecule has 1 heterocycles. The van der Waals surface area contributed by atoms with Gasteiger partial charge in [-0.1, -0.05) is 30.2 Å². The Balaban J connectivity index is 1.53. The van der Waals surface area contributed by atoms with Crippen molar-refractivity contribution < 1.29 is 9.90 Å². The highest BCUT2D eigenvalue weighted by Crippen LogP contribution is 2.44. The quantitative estimate of drug-likeness (QED) is 0.829. The first-order valence-electron chi connectivity index (χ1n) is 9.01. The molecule has 2 aliphatic rings. The number of carbonyl (C=O) groups excluding carboxylic acids is 1. The lowest BCUT2D eigenvalue weighted by Gasteiger charge is -2.41. The summed E-state index contributed by atoms with van der Waals surface area (Å²) in [6.07, 6.45) is 5.17. The number of halogens is 1. The van der Waals surface area contributed by atoms with Crippen molar-refractivity contribution in [3.05, 3.63) is 34.9 Å². The molecular weight excluding hydrogens is 324 g/mol. The zero-order valence-corrected chi connectivity index (χ0v) is 14.9. The summed E-state index contributed by atoms with van der Waals surface area (Å²) in [5, 5.41) is 13.2. The maximum absolute atomic E-state index is 12.8. The zero-order chi connectivity index (χ0) is 17.0. The standard InChI is InChI=1S/C19H27ClN2O2/c20-17-6-4-16(5-7-17)19(8-2-9-19)18(24)21-10-12-22-11-1-3-15(13-22)14-23/h4-7,15,23H,1-3,8-14H2,(H,21,24). The van der Waals surface area contributed by atoms with Gasteiger partial charge in [-0.25, -0.2) is 0 Å². The number of aliphatic hydroxyl groups excluding tert-OH is 1. The summed E-state index contributed by atoms with van der Waals surface area (Å²) >= 11 is 5.97. The third-order valence-electron chi connectivity index (χ3n) is 5.61. The largest absolute Gasteiger partial charge is 0.396 e. The van der Waals surface area contributed by atoms with Gasteiger partial charge < -0.3 is 15.3 Å². The minimum Gasteiger partial charge on any atom is -0.396 e. The van der Waals surface area contributed by atoms with Crippen LogP contribution in [-0.2, 0) is 10.2 Å². The number of carbonyl (C=O) groups is 1. The van der Waals surface area contributed by atoms with Crippen LogP contribution in [0.4, 0.5) is 0 Å². The number of benzene rings is 1. The molecule has 2 N–H and O–H groups in total. The molecule has 0 bridgehead atoms. The average Bonchev–Trinajstić information content (AvgIpc) is 2.56. The predicted molar refractivity (Wildman–Crippen MR) is 96.2 cm³/mol. The first-order valence-corrected chi connectivity index (χ1v) is 9.39. The summed E-state index contributed by atoms with van der Waals surface area (Å²) in [6, 6.07) is 7.70. The van der Waals surface area contributed by atoms with Crippen LogP contribution in [0.5, 0.6) is 0 Å². The SMILES string of the molecule is O=C(NCCN1CCCC(CO)C1)C1(c2ccc(Cl)cc2)CCC1. The van der Waals surface area contributed by atoms with Crippen LogP contribution in [0.25, 0.3) is 0 Å². The zero-order valence-electron chi connectivity index (χ0n) is 14.1. The molecule has 1 amide bonds. The van der Waals surface area contributed by atoms with E-state index in [1.807, 2.05) is 24.3 Å². The predicted octanol–water partition coefficient (Wildman–Crippen LogP) is 2.58. The molecule has 1 unspecified atom stereocenters. The van der Waals surface area contributed by atoms with Crippen molar-refractivity contribution in [3.8, 4) is 0 Å². The molecule has 1 aromatic rings. The lowest BCUT2D eigenvalue weighted by Crippen LogP contribution is -2.51. The Labute approximate surface area is 149 Å². The second kappa shape index (κ2) is 7.85.